The molecule has 1 unspecified atom stereocenters. The van der Waals surface area contributed by atoms with E-state index in [1.165, 1.54) is 11.1 Å². The molecule has 7 nitrogen and oxygen atoms in total. The number of hydrazine groups is 2. The zero-order chi connectivity index (χ0) is 30.5. The first-order valence-corrected chi connectivity index (χ1v) is 15.0. The molecule has 3 aromatic carbocycles. The van der Waals surface area contributed by atoms with Crippen LogP contribution in [-0.2, 0) is 13.0 Å². The Balaban J connectivity index is 0.00000201. The lowest BCUT2D eigenvalue weighted by atomic mass is 9.97. The van der Waals surface area contributed by atoms with Crippen LogP contribution in [0.5, 0.6) is 0 Å². The lowest BCUT2D eigenvalue weighted by Gasteiger charge is -2.27. The van der Waals surface area contributed by atoms with Crippen molar-refractivity contribution in [2.45, 2.75) is 73.0 Å². The normalized spacial score (nSPS) is 11.6. The predicted octanol–water partition coefficient (Wildman–Crippen LogP) is 7.18. The van der Waals surface area contributed by atoms with Gasteiger partial charge in [0.05, 0.1) is 6.54 Å². The van der Waals surface area contributed by atoms with E-state index < -0.39 is 0 Å². The summed E-state index contributed by atoms with van der Waals surface area (Å²) in [5.74, 6) is 6.93. The number of nitrogens with zero attached hydrogens (tertiary/aromatic N) is 4. The Hall–Kier alpha value is -3.36. The second-order valence-electron chi connectivity index (χ2n) is 9.15. The molecule has 0 amide bonds. The number of benzene rings is 3. The van der Waals surface area contributed by atoms with E-state index in [2.05, 4.69) is 101 Å². The quantitative estimate of drug-likeness (QED) is 0.0641. The summed E-state index contributed by atoms with van der Waals surface area (Å²) in [5.41, 5.74) is 12.1. The third kappa shape index (κ3) is 12.4. The number of amidine groups is 1. The van der Waals surface area contributed by atoms with Crippen molar-refractivity contribution in [3.63, 3.8) is 0 Å². The van der Waals surface area contributed by atoms with Crippen LogP contribution in [0.3, 0.4) is 0 Å². The summed E-state index contributed by atoms with van der Waals surface area (Å²) in [6.45, 7) is 15.4. The van der Waals surface area contributed by atoms with Gasteiger partial charge >= 0.3 is 0 Å². The summed E-state index contributed by atoms with van der Waals surface area (Å²) < 4.78 is 0. The van der Waals surface area contributed by atoms with E-state index in [1.54, 1.807) is 5.01 Å². The van der Waals surface area contributed by atoms with Crippen molar-refractivity contribution in [2.75, 3.05) is 20.6 Å². The lowest BCUT2D eigenvalue weighted by Crippen LogP contribution is -2.45. The molecule has 4 N–H and O–H groups in total. The first kappa shape index (κ1) is 35.7. The summed E-state index contributed by atoms with van der Waals surface area (Å²) >= 11 is 0. The molecular weight excluding hydrogens is 506 g/mol. The molecule has 0 saturated heterocycles. The van der Waals surface area contributed by atoms with E-state index in [9.17, 15) is 0 Å². The average molecular weight is 560 g/mol. The summed E-state index contributed by atoms with van der Waals surface area (Å²) in [5, 5.41) is 8.67. The molecule has 41 heavy (non-hydrogen) atoms. The fourth-order valence-corrected chi connectivity index (χ4v) is 4.26. The zero-order valence-electron chi connectivity index (χ0n) is 26.4. The van der Waals surface area contributed by atoms with Gasteiger partial charge in [0, 0.05) is 20.0 Å². The molecule has 0 fully saturated rings. The van der Waals surface area contributed by atoms with Crippen LogP contribution in [0.1, 0.15) is 76.7 Å². The van der Waals surface area contributed by atoms with Crippen LogP contribution in [-0.4, -0.2) is 43.2 Å². The van der Waals surface area contributed by atoms with E-state index in [1.807, 2.05) is 53.9 Å². The molecule has 224 valence electrons. The van der Waals surface area contributed by atoms with Gasteiger partial charge in [-0.1, -0.05) is 120 Å². The predicted molar refractivity (Wildman–Crippen MR) is 179 cm³/mol. The minimum absolute atomic E-state index is 0.170. The fraction of sp³-hybridized carbons (Fsp3) is 0.412. The Morgan fingerprint density at radius 2 is 1.54 bits per heavy atom. The van der Waals surface area contributed by atoms with E-state index in [0.717, 1.165) is 54.8 Å². The first-order valence-electron chi connectivity index (χ1n) is 15.0. The molecule has 0 radical (unpaired) electrons. The topological polar surface area (TPSA) is 81.3 Å². The van der Waals surface area contributed by atoms with Crippen LogP contribution >= 0.6 is 0 Å². The number of nitrogens with two attached hydrogens (primary N) is 1. The van der Waals surface area contributed by atoms with E-state index in [-0.39, 0.29) is 6.17 Å². The maximum absolute atomic E-state index is 6.13. The molecule has 0 spiro atoms. The molecular formula is C34H53N7. The first-order chi connectivity index (χ1) is 20.0. The van der Waals surface area contributed by atoms with Crippen LogP contribution in [0.4, 0.5) is 0 Å². The number of hydrogen-bond acceptors (Lipinski definition) is 6. The summed E-state index contributed by atoms with van der Waals surface area (Å²) in [7, 11) is 3.70. The highest BCUT2D eigenvalue weighted by Gasteiger charge is 2.18. The molecule has 0 heterocycles. The summed E-state index contributed by atoms with van der Waals surface area (Å²) in [4.78, 5) is 4.20. The third-order valence-electron chi connectivity index (χ3n) is 6.27. The zero-order valence-corrected chi connectivity index (χ0v) is 26.4. The second-order valence-corrected chi connectivity index (χ2v) is 9.15. The average Bonchev–Trinajstić information content (AvgIpc) is 3.03. The molecule has 1 atom stereocenters. The minimum Gasteiger partial charge on any atom is -0.291 e. The monoisotopic (exact) mass is 559 g/mol. The largest absolute Gasteiger partial charge is 0.291 e. The molecule has 0 aromatic heterocycles. The third-order valence-corrected chi connectivity index (χ3v) is 6.27. The van der Waals surface area contributed by atoms with Gasteiger partial charge in [0.2, 0.25) is 0 Å². The van der Waals surface area contributed by atoms with Gasteiger partial charge in [-0.05, 0) is 54.4 Å². The van der Waals surface area contributed by atoms with Crippen molar-refractivity contribution < 1.29 is 0 Å². The summed E-state index contributed by atoms with van der Waals surface area (Å²) in [6.07, 6.45) is 3.75. The maximum Gasteiger partial charge on any atom is 0.147 e. The molecule has 0 aliphatic heterocycles. The smallest absolute Gasteiger partial charge is 0.147 e. The van der Waals surface area contributed by atoms with Crippen LogP contribution in [0.2, 0.25) is 0 Å². The van der Waals surface area contributed by atoms with Crippen LogP contribution in [0.15, 0.2) is 89.0 Å². The second kappa shape index (κ2) is 21.4. The molecule has 0 bridgehead atoms. The Morgan fingerprint density at radius 1 is 0.902 bits per heavy atom. The van der Waals surface area contributed by atoms with Crippen molar-refractivity contribution in [1.29, 1.82) is 0 Å². The van der Waals surface area contributed by atoms with Crippen LogP contribution in [0.25, 0.3) is 11.1 Å². The lowest BCUT2D eigenvalue weighted by molar-refractivity contribution is 0.195. The van der Waals surface area contributed by atoms with Crippen molar-refractivity contribution in [3.8, 4) is 11.1 Å². The van der Waals surface area contributed by atoms with Crippen molar-refractivity contribution in [2.24, 2.45) is 15.9 Å². The van der Waals surface area contributed by atoms with Crippen LogP contribution < -0.4 is 16.7 Å². The Kier molecular flexibility index (Phi) is 18.6. The highest BCUT2D eigenvalue weighted by atomic mass is 15.5. The maximum atomic E-state index is 6.13. The molecule has 3 aromatic rings. The minimum atomic E-state index is -0.170. The van der Waals surface area contributed by atoms with Gasteiger partial charge in [-0.3, -0.25) is 16.3 Å². The fourth-order valence-electron chi connectivity index (χ4n) is 4.26. The highest BCUT2D eigenvalue weighted by Crippen LogP contribution is 2.29. The molecule has 0 saturated carbocycles. The van der Waals surface area contributed by atoms with E-state index >= 15 is 0 Å². The Bertz CT molecular complexity index is 1110. The molecule has 3 rings (SSSR count). The number of aliphatic imine (C=N–C) groups is 1. The van der Waals surface area contributed by atoms with Gasteiger partial charge in [-0.25, -0.2) is 15.4 Å². The number of rotatable bonds is 14. The van der Waals surface area contributed by atoms with E-state index in [4.69, 9.17) is 10.9 Å². The standard InChI is InChI=1S/C30H41N7.2C2H6/c1-5-6-16-29(32-2)35-37(22-21-24-12-8-7-9-13-24)23-25-17-19-26(20-18-25)27-14-10-11-15-28(27)30(34-33-3)36(4)31;2*1-2/h7-15,17-20,30,33-34H,2,5-6,16,21-23,31H2,1,3-4H3;2*1-2H3/b35-29-;;. The van der Waals surface area contributed by atoms with Crippen molar-refractivity contribution in [1.82, 2.24) is 20.9 Å². The van der Waals surface area contributed by atoms with Gasteiger partial charge in [0.15, 0.2) is 0 Å². The SMILES string of the molecule is C=N/C(CCCC)=N\N(CCc1ccccc1)Cc1ccc(-c2ccccc2C(NNC)N(C)N)cc1.CC.CC. The summed E-state index contributed by atoms with van der Waals surface area (Å²) in [6, 6.07) is 27.5. The molecule has 0 aliphatic carbocycles. The Morgan fingerprint density at radius 3 is 2.12 bits per heavy atom. The van der Waals surface area contributed by atoms with Crippen molar-refractivity contribution >= 4 is 12.6 Å². The van der Waals surface area contributed by atoms with Gasteiger partial charge in [0.25, 0.3) is 0 Å². The van der Waals surface area contributed by atoms with Crippen molar-refractivity contribution in [3.05, 3.63) is 95.6 Å². The van der Waals surface area contributed by atoms with Gasteiger partial charge in [-0.2, -0.15) is 5.10 Å². The van der Waals surface area contributed by atoms with Gasteiger partial charge in [0.1, 0.15) is 12.0 Å². The number of hydrogen-bond donors (Lipinski definition) is 3. The van der Waals surface area contributed by atoms with E-state index in [0.29, 0.717) is 6.54 Å². The number of hydrazone groups is 1. The van der Waals surface area contributed by atoms with Crippen LogP contribution in [0, 0.1) is 0 Å². The number of nitrogens with one attached hydrogen (secondary N) is 2. The Labute approximate surface area is 249 Å². The number of unbranched alkanes of at least 4 members (excludes halogenated alkanes) is 1. The highest BCUT2D eigenvalue weighted by molar-refractivity contribution is 5.85. The van der Waals surface area contributed by atoms with Gasteiger partial charge < -0.3 is 0 Å². The molecule has 0 aliphatic rings. The molecule has 7 heteroatoms. The van der Waals surface area contributed by atoms with Gasteiger partial charge in [-0.15, -0.1) is 0 Å².